The van der Waals surface area contributed by atoms with Crippen LogP contribution in [0.1, 0.15) is 355 Å². The van der Waals surface area contributed by atoms with Crippen molar-refractivity contribution in [3.8, 4) is 0 Å². The fourth-order valence-corrected chi connectivity index (χ4v) is 10.1. The van der Waals surface area contributed by atoms with E-state index in [0.29, 0.717) is 19.3 Å². The summed E-state index contributed by atoms with van der Waals surface area (Å²) in [5, 5.41) is 0. The number of hydrogen-bond donors (Lipinski definition) is 0. The second kappa shape index (κ2) is 69.1. The summed E-state index contributed by atoms with van der Waals surface area (Å²) in [7, 11) is 0. The summed E-state index contributed by atoms with van der Waals surface area (Å²) in [6.45, 7) is 6.46. The van der Waals surface area contributed by atoms with Gasteiger partial charge in [-0.3, -0.25) is 14.4 Å². The second-order valence-corrected chi connectivity index (χ2v) is 23.4. The minimum absolute atomic E-state index is 0.102. The lowest BCUT2D eigenvalue weighted by atomic mass is 10.0. The number of unbranched alkanes of at least 4 members (excludes halogenated alkanes) is 39. The van der Waals surface area contributed by atoms with E-state index in [-0.39, 0.29) is 37.5 Å². The summed E-state index contributed by atoms with van der Waals surface area (Å²) in [4.78, 5) is 38.2. The third-order valence-corrected chi connectivity index (χ3v) is 15.4. The largest absolute Gasteiger partial charge is 0.462 e. The molecule has 0 N–H and O–H groups in total. The van der Waals surface area contributed by atoms with E-state index in [0.717, 1.165) is 89.9 Å². The fourth-order valence-electron chi connectivity index (χ4n) is 10.1. The van der Waals surface area contributed by atoms with Gasteiger partial charge >= 0.3 is 17.9 Å². The molecular formula is C75H132O6. The van der Waals surface area contributed by atoms with Crippen LogP contribution < -0.4 is 0 Å². The Hall–Kier alpha value is -3.41. The average Bonchev–Trinajstić information content (AvgIpc) is 3.46. The molecule has 0 aliphatic heterocycles. The van der Waals surface area contributed by atoms with Gasteiger partial charge in [0, 0.05) is 19.3 Å². The van der Waals surface area contributed by atoms with Gasteiger partial charge in [-0.1, -0.05) is 318 Å². The molecule has 0 bridgehead atoms. The number of carbonyl (C=O) groups excluding carboxylic acids is 3. The summed E-state index contributed by atoms with van der Waals surface area (Å²) in [5.41, 5.74) is 0. The molecule has 0 fully saturated rings. The standard InChI is InChI=1S/C75H132O6/c1-4-7-10-13-16-19-22-25-27-28-29-30-31-32-33-34-35-36-37-38-39-40-41-42-43-44-45-46-48-50-53-56-59-62-65-68-74(77)80-71-72(70-79-73(76)67-64-61-58-55-52-49-24-21-18-15-12-9-6-3)81-75(78)69-66-63-60-57-54-51-47-26-23-20-17-14-11-8-5-2/h9,12,17-18,20-21,26,28-29,47,49,52,58,61,72H,4-8,10-11,13-16,19,22-25,27,30-46,48,50-51,53-57,59-60,62-71H2,1-3H3/b12-9-,20-17-,21-18-,29-28-,47-26-,52-49-,61-58-. The van der Waals surface area contributed by atoms with Gasteiger partial charge in [0.2, 0.25) is 0 Å². The van der Waals surface area contributed by atoms with Gasteiger partial charge in [0.15, 0.2) is 6.10 Å². The first-order chi connectivity index (χ1) is 40.0. The molecule has 0 aromatic heterocycles. The van der Waals surface area contributed by atoms with Crippen molar-refractivity contribution in [2.75, 3.05) is 13.2 Å². The van der Waals surface area contributed by atoms with Crippen LogP contribution >= 0.6 is 0 Å². The maximum absolute atomic E-state index is 12.9. The van der Waals surface area contributed by atoms with Gasteiger partial charge in [-0.15, -0.1) is 0 Å². The Morgan fingerprint density at radius 3 is 0.864 bits per heavy atom. The highest BCUT2D eigenvalue weighted by atomic mass is 16.6. The fraction of sp³-hybridized carbons (Fsp3) is 0.773. The highest BCUT2D eigenvalue weighted by Gasteiger charge is 2.19. The first kappa shape index (κ1) is 77.6. The molecule has 0 saturated heterocycles. The Bertz CT molecular complexity index is 1530. The zero-order valence-corrected chi connectivity index (χ0v) is 53.8. The third-order valence-electron chi connectivity index (χ3n) is 15.4. The van der Waals surface area contributed by atoms with Gasteiger partial charge in [-0.2, -0.15) is 0 Å². The molecule has 0 aromatic rings. The molecule has 81 heavy (non-hydrogen) atoms. The predicted molar refractivity (Wildman–Crippen MR) is 353 cm³/mol. The van der Waals surface area contributed by atoms with Crippen molar-refractivity contribution < 1.29 is 28.6 Å². The lowest BCUT2D eigenvalue weighted by Crippen LogP contribution is -2.30. The van der Waals surface area contributed by atoms with Crippen molar-refractivity contribution in [3.63, 3.8) is 0 Å². The average molecular weight is 1130 g/mol. The maximum Gasteiger partial charge on any atom is 0.306 e. The van der Waals surface area contributed by atoms with E-state index in [4.69, 9.17) is 14.2 Å². The lowest BCUT2D eigenvalue weighted by Gasteiger charge is -2.18. The molecule has 0 spiro atoms. The Balaban J connectivity index is 4.11. The Labute approximate surface area is 503 Å². The lowest BCUT2D eigenvalue weighted by molar-refractivity contribution is -0.166. The van der Waals surface area contributed by atoms with Crippen molar-refractivity contribution in [1.82, 2.24) is 0 Å². The van der Waals surface area contributed by atoms with E-state index in [1.807, 2.05) is 6.08 Å². The molecule has 0 heterocycles. The van der Waals surface area contributed by atoms with Crippen LogP contribution in [0, 0.1) is 0 Å². The Morgan fingerprint density at radius 1 is 0.259 bits per heavy atom. The predicted octanol–water partition coefficient (Wildman–Crippen LogP) is 24.2. The van der Waals surface area contributed by atoms with Crippen LogP contribution in [0.2, 0.25) is 0 Å². The normalized spacial score (nSPS) is 12.6. The van der Waals surface area contributed by atoms with Gasteiger partial charge in [0.25, 0.3) is 0 Å². The number of allylic oxidation sites excluding steroid dienone is 14. The monoisotopic (exact) mass is 1130 g/mol. The van der Waals surface area contributed by atoms with E-state index in [2.05, 4.69) is 99.8 Å². The van der Waals surface area contributed by atoms with Crippen molar-refractivity contribution in [2.24, 2.45) is 0 Å². The number of rotatable bonds is 64. The number of hydrogen-bond acceptors (Lipinski definition) is 6. The molecule has 1 atom stereocenters. The van der Waals surface area contributed by atoms with E-state index < -0.39 is 6.10 Å². The van der Waals surface area contributed by atoms with Crippen LogP contribution in [0.3, 0.4) is 0 Å². The zero-order valence-electron chi connectivity index (χ0n) is 53.8. The van der Waals surface area contributed by atoms with Crippen LogP contribution in [0.5, 0.6) is 0 Å². The highest BCUT2D eigenvalue weighted by Crippen LogP contribution is 2.18. The van der Waals surface area contributed by atoms with Crippen molar-refractivity contribution in [3.05, 3.63) is 85.1 Å². The van der Waals surface area contributed by atoms with Crippen molar-refractivity contribution in [1.29, 1.82) is 0 Å². The third kappa shape index (κ3) is 67.3. The molecule has 468 valence electrons. The summed E-state index contributed by atoms with van der Waals surface area (Å²) in [6.07, 6.45) is 92.3. The minimum Gasteiger partial charge on any atom is -0.462 e. The van der Waals surface area contributed by atoms with E-state index in [9.17, 15) is 14.4 Å². The molecule has 0 amide bonds. The molecule has 1 unspecified atom stereocenters. The Kier molecular flexibility index (Phi) is 66.2. The Morgan fingerprint density at radius 2 is 0.506 bits per heavy atom. The number of carbonyl (C=O) groups is 3. The number of esters is 3. The summed E-state index contributed by atoms with van der Waals surface area (Å²) < 4.78 is 16.8. The van der Waals surface area contributed by atoms with Crippen LogP contribution in [-0.2, 0) is 28.6 Å². The first-order valence-electron chi connectivity index (χ1n) is 35.1. The van der Waals surface area contributed by atoms with Crippen molar-refractivity contribution in [2.45, 2.75) is 361 Å². The quantitative estimate of drug-likeness (QED) is 0.0261. The highest BCUT2D eigenvalue weighted by molar-refractivity contribution is 5.71. The molecule has 0 rings (SSSR count). The van der Waals surface area contributed by atoms with E-state index in [1.54, 1.807) is 0 Å². The summed E-state index contributed by atoms with van der Waals surface area (Å²) in [6, 6.07) is 0. The molecule has 6 nitrogen and oxygen atoms in total. The zero-order chi connectivity index (χ0) is 58.5. The molecule has 0 saturated carbocycles. The van der Waals surface area contributed by atoms with Crippen LogP contribution in [0.25, 0.3) is 0 Å². The molecule has 0 aliphatic carbocycles. The van der Waals surface area contributed by atoms with Crippen LogP contribution in [-0.4, -0.2) is 37.2 Å². The molecule has 0 radical (unpaired) electrons. The van der Waals surface area contributed by atoms with Gasteiger partial charge in [-0.25, -0.2) is 0 Å². The molecule has 6 heteroatoms. The van der Waals surface area contributed by atoms with Crippen LogP contribution in [0.4, 0.5) is 0 Å². The van der Waals surface area contributed by atoms with Crippen LogP contribution in [0.15, 0.2) is 85.1 Å². The van der Waals surface area contributed by atoms with Crippen molar-refractivity contribution >= 4 is 17.9 Å². The maximum atomic E-state index is 12.9. The second-order valence-electron chi connectivity index (χ2n) is 23.4. The summed E-state index contributed by atoms with van der Waals surface area (Å²) in [5.74, 6) is -0.988. The number of ether oxygens (including phenoxy) is 3. The minimum atomic E-state index is -0.812. The van der Waals surface area contributed by atoms with E-state index in [1.165, 1.54) is 218 Å². The topological polar surface area (TPSA) is 78.9 Å². The molecule has 0 aromatic carbocycles. The smallest absolute Gasteiger partial charge is 0.306 e. The SMILES string of the molecule is CC/C=C\C/C=C\C/C=C\C/C=C\CCC(=O)OCC(COC(=O)CCCCCCCCCCCCCCCCCCCCCCCCC/C=C\CCCCCCCCCC)OC(=O)CCCCCCC/C=C\C/C=C\CCCCC. The van der Waals surface area contributed by atoms with Gasteiger partial charge in [0.1, 0.15) is 13.2 Å². The molecule has 0 aliphatic rings. The van der Waals surface area contributed by atoms with Gasteiger partial charge in [-0.05, 0) is 103 Å². The van der Waals surface area contributed by atoms with Gasteiger partial charge in [0.05, 0.1) is 0 Å². The van der Waals surface area contributed by atoms with E-state index >= 15 is 0 Å². The first-order valence-corrected chi connectivity index (χ1v) is 35.1. The summed E-state index contributed by atoms with van der Waals surface area (Å²) >= 11 is 0. The van der Waals surface area contributed by atoms with Gasteiger partial charge < -0.3 is 14.2 Å². The molecular weight excluding hydrogens is 997 g/mol.